The summed E-state index contributed by atoms with van der Waals surface area (Å²) in [6.07, 6.45) is -15.3. The van der Waals surface area contributed by atoms with Gasteiger partial charge in [0.25, 0.3) is 0 Å². The Morgan fingerprint density at radius 3 is 2.06 bits per heavy atom. The third kappa shape index (κ3) is 8.58. The molecule has 4 aliphatic heterocycles. The van der Waals surface area contributed by atoms with Gasteiger partial charge in [-0.3, -0.25) is 0 Å². The Morgan fingerprint density at radius 2 is 1.37 bits per heavy atom. The van der Waals surface area contributed by atoms with Crippen LogP contribution in [-0.4, -0.2) is 198 Å². The first-order valence-corrected chi connectivity index (χ1v) is 23.4. The molecule has 0 aromatic rings. The maximum atomic E-state index is 12.0. The fourth-order valence-electron chi connectivity index (χ4n) is 13.9. The highest BCUT2D eigenvalue weighted by atomic mass is 16.8. The topological polar surface area (TPSA) is 307 Å². The van der Waals surface area contributed by atoms with Gasteiger partial charge in [-0.1, -0.05) is 27.7 Å². The minimum absolute atomic E-state index is 0.0541. The van der Waals surface area contributed by atoms with Crippen molar-refractivity contribution in [2.24, 2.45) is 52.3 Å². The molecule has 8 rings (SSSR count). The summed E-state index contributed by atoms with van der Waals surface area (Å²) in [5, 5.41) is 126. The van der Waals surface area contributed by atoms with Crippen LogP contribution in [0.2, 0.25) is 0 Å². The fraction of sp³-hybridized carbons (Fsp3) is 1.00. The number of hydrogen-bond donors (Lipinski definition) is 12. The van der Waals surface area contributed by atoms with E-state index in [-0.39, 0.29) is 53.8 Å². The van der Waals surface area contributed by atoms with Gasteiger partial charge in [-0.2, -0.15) is 0 Å². The highest BCUT2D eigenvalue weighted by molar-refractivity contribution is 5.15. The largest absolute Gasteiger partial charge is 0.394 e. The van der Waals surface area contributed by atoms with E-state index in [0.717, 1.165) is 32.1 Å². The molecule has 0 amide bonds. The summed E-state index contributed by atoms with van der Waals surface area (Å²) in [5.74, 6) is -0.0512. The van der Waals surface area contributed by atoms with Crippen LogP contribution in [0.3, 0.4) is 0 Å². The van der Waals surface area contributed by atoms with Crippen LogP contribution in [0.15, 0.2) is 0 Å². The Balaban J connectivity index is 0.880. The van der Waals surface area contributed by atoms with E-state index in [0.29, 0.717) is 43.4 Å². The number of aliphatic hydroxyl groups excluding tert-OH is 11. The molecule has 1 unspecified atom stereocenters. The highest BCUT2D eigenvalue weighted by Crippen LogP contribution is 2.71. The first kappa shape index (κ1) is 48.7. The first-order valence-electron chi connectivity index (χ1n) is 23.4. The van der Waals surface area contributed by atoms with Gasteiger partial charge in [-0.05, 0) is 97.7 Å². The first-order chi connectivity index (χ1) is 29.8. The standard InChI is InChI=1S/C44H74O19/c1-18(16-57-39-37(55)34(52)32(50)28(14-45)60-39)7-10-44(56)19(2)30-27(63-44)12-23-21-6-5-20-11-26(24(47)13-43(20,4)22(21)8-9-42(23,30)3)59-41-38(35(53)33(51)29(15-46)61-41)62-40-36(54)31(49)25(48)17-58-40/h18-41,45-56H,5-17H2,1-4H3/t18-,19-,20-,21+,22-,23-,24+,25+,26+,27-,28+,29+,30-,31-,32+,33+,34-,35-,36+,37+,38+,39+,40-,41+,42-,43-,44?/m0/s1. The molecule has 63 heavy (non-hydrogen) atoms. The lowest BCUT2D eigenvalue weighted by molar-refractivity contribution is -0.367. The Hall–Kier alpha value is -0.760. The maximum Gasteiger partial charge on any atom is 0.187 e. The molecule has 19 heteroatoms. The molecule has 4 saturated carbocycles. The van der Waals surface area contributed by atoms with Crippen LogP contribution < -0.4 is 0 Å². The monoisotopic (exact) mass is 906 g/mol. The van der Waals surface area contributed by atoms with E-state index in [1.165, 1.54) is 0 Å². The van der Waals surface area contributed by atoms with Crippen molar-refractivity contribution >= 4 is 0 Å². The average Bonchev–Trinajstić information content (AvgIpc) is 3.69. The number of ether oxygens (including phenoxy) is 7. The predicted molar refractivity (Wildman–Crippen MR) is 214 cm³/mol. The summed E-state index contributed by atoms with van der Waals surface area (Å²) in [6.45, 7) is 7.35. The zero-order chi connectivity index (χ0) is 45.5. The summed E-state index contributed by atoms with van der Waals surface area (Å²) in [5.41, 5.74) is -0.257. The van der Waals surface area contributed by atoms with Crippen LogP contribution >= 0.6 is 0 Å². The molecule has 0 aromatic heterocycles. The Morgan fingerprint density at radius 1 is 0.698 bits per heavy atom. The molecular weight excluding hydrogens is 832 g/mol. The number of aliphatic hydroxyl groups is 12. The van der Waals surface area contributed by atoms with Gasteiger partial charge in [-0.25, -0.2) is 0 Å². The molecule has 364 valence electrons. The molecule has 27 atom stereocenters. The van der Waals surface area contributed by atoms with Crippen molar-refractivity contribution in [1.82, 2.24) is 0 Å². The second-order valence-corrected chi connectivity index (χ2v) is 21.2. The molecule has 8 fully saturated rings. The lowest BCUT2D eigenvalue weighted by Crippen LogP contribution is -2.64. The molecule has 19 nitrogen and oxygen atoms in total. The van der Waals surface area contributed by atoms with Crippen molar-refractivity contribution in [3.63, 3.8) is 0 Å². The maximum absolute atomic E-state index is 12.0. The summed E-state index contributed by atoms with van der Waals surface area (Å²) < 4.78 is 41.5. The quantitative estimate of drug-likeness (QED) is 0.0928. The van der Waals surface area contributed by atoms with Crippen molar-refractivity contribution in [3.8, 4) is 0 Å². The average molecular weight is 907 g/mol. The summed E-state index contributed by atoms with van der Waals surface area (Å²) in [6, 6.07) is 0. The molecule has 0 aromatic carbocycles. The van der Waals surface area contributed by atoms with Gasteiger partial charge in [0.05, 0.1) is 44.7 Å². The minimum atomic E-state index is -1.68. The number of hydrogen-bond acceptors (Lipinski definition) is 19. The zero-order valence-corrected chi connectivity index (χ0v) is 36.8. The van der Waals surface area contributed by atoms with Gasteiger partial charge in [0.15, 0.2) is 24.7 Å². The van der Waals surface area contributed by atoms with E-state index in [2.05, 4.69) is 20.8 Å². The predicted octanol–water partition coefficient (Wildman–Crippen LogP) is -2.17. The highest BCUT2D eigenvalue weighted by Gasteiger charge is 2.69. The number of fused-ring (bicyclic) bond motifs is 7. The van der Waals surface area contributed by atoms with E-state index in [1.807, 2.05) is 6.92 Å². The lowest BCUT2D eigenvalue weighted by Gasteiger charge is -2.62. The molecule has 4 saturated heterocycles. The molecule has 12 N–H and O–H groups in total. The van der Waals surface area contributed by atoms with E-state index < -0.39 is 117 Å². The van der Waals surface area contributed by atoms with Crippen molar-refractivity contribution in [1.29, 1.82) is 0 Å². The van der Waals surface area contributed by atoms with E-state index >= 15 is 0 Å². The summed E-state index contributed by atoms with van der Waals surface area (Å²) in [7, 11) is 0. The van der Waals surface area contributed by atoms with Crippen LogP contribution in [0.1, 0.15) is 85.5 Å². The fourth-order valence-corrected chi connectivity index (χ4v) is 13.9. The van der Waals surface area contributed by atoms with Gasteiger partial charge in [-0.15, -0.1) is 0 Å². The van der Waals surface area contributed by atoms with E-state index in [4.69, 9.17) is 33.2 Å². The molecule has 4 heterocycles. The SMILES string of the molecule is C[C@@H](CCC1(O)O[C@H]2C[C@H]3[C@@H]4CC[C@H]5C[C@@H](O[C@@H]6O[C@H](CO)[C@@H](O)[C@H](O)[C@H]6O[C@@H]6OC[C@@H](O)[C@H](O)[C@H]6O)[C@H](O)C[C@]5(C)[C@H]4CC[C@]3(C)[C@H]2[C@@H]1C)CO[C@@H]1O[C@H](CO)[C@@H](O)[C@H](O)[C@H]1O. The van der Waals surface area contributed by atoms with Crippen molar-refractivity contribution in [2.75, 3.05) is 26.4 Å². The van der Waals surface area contributed by atoms with Gasteiger partial charge in [0, 0.05) is 12.3 Å². The van der Waals surface area contributed by atoms with Crippen molar-refractivity contribution in [3.05, 3.63) is 0 Å². The van der Waals surface area contributed by atoms with Crippen molar-refractivity contribution < 1.29 is 94.4 Å². The molecule has 0 radical (unpaired) electrons. The van der Waals surface area contributed by atoms with Crippen LogP contribution in [0, 0.1) is 52.3 Å². The summed E-state index contributed by atoms with van der Waals surface area (Å²) >= 11 is 0. The Bertz CT molecular complexity index is 1550. The Labute approximate surface area is 368 Å². The molecule has 0 spiro atoms. The van der Waals surface area contributed by atoms with Crippen LogP contribution in [0.4, 0.5) is 0 Å². The van der Waals surface area contributed by atoms with Crippen LogP contribution in [-0.2, 0) is 33.2 Å². The second kappa shape index (κ2) is 18.6. The van der Waals surface area contributed by atoms with E-state index in [9.17, 15) is 61.3 Å². The normalized spacial score (nSPS) is 56.3. The van der Waals surface area contributed by atoms with Crippen LogP contribution in [0.5, 0.6) is 0 Å². The minimum Gasteiger partial charge on any atom is -0.394 e. The lowest BCUT2D eigenvalue weighted by atomic mass is 9.44. The zero-order valence-electron chi connectivity index (χ0n) is 36.8. The third-order valence-corrected chi connectivity index (χ3v) is 17.6. The van der Waals surface area contributed by atoms with Gasteiger partial charge in [0.2, 0.25) is 0 Å². The smallest absolute Gasteiger partial charge is 0.187 e. The van der Waals surface area contributed by atoms with Gasteiger partial charge >= 0.3 is 0 Å². The van der Waals surface area contributed by atoms with Crippen LogP contribution in [0.25, 0.3) is 0 Å². The van der Waals surface area contributed by atoms with Gasteiger partial charge in [0.1, 0.15) is 67.1 Å². The van der Waals surface area contributed by atoms with Gasteiger partial charge < -0.3 is 94.4 Å². The second-order valence-electron chi connectivity index (χ2n) is 21.2. The molecule has 4 aliphatic carbocycles. The molecule has 8 aliphatic rings. The third-order valence-electron chi connectivity index (χ3n) is 17.6. The molecule has 0 bridgehead atoms. The Kier molecular flexibility index (Phi) is 14.4. The van der Waals surface area contributed by atoms with E-state index in [1.54, 1.807) is 0 Å². The molecular formula is C44H74O19. The summed E-state index contributed by atoms with van der Waals surface area (Å²) in [4.78, 5) is 0. The van der Waals surface area contributed by atoms with Crippen molar-refractivity contribution in [2.45, 2.75) is 196 Å². The number of rotatable bonds is 12.